The van der Waals surface area contributed by atoms with Crippen molar-refractivity contribution < 1.29 is 0 Å². The third-order valence-electron chi connectivity index (χ3n) is 5.56. The lowest BCUT2D eigenvalue weighted by Crippen LogP contribution is -2.54. The molecule has 0 radical (unpaired) electrons. The first-order chi connectivity index (χ1) is 8.13. The number of rotatable bonds is 4. The van der Waals surface area contributed by atoms with Crippen LogP contribution in [0.15, 0.2) is 0 Å². The summed E-state index contributed by atoms with van der Waals surface area (Å²) in [5.74, 6) is 4.90. The van der Waals surface area contributed by atoms with Gasteiger partial charge in [-0.2, -0.15) is 0 Å². The first-order valence-corrected chi connectivity index (χ1v) is 7.62. The summed E-state index contributed by atoms with van der Waals surface area (Å²) < 4.78 is 0. The standard InChI is InChI=1S/C15H28N2/c1-9(2)17-8-14(16)15-12-4-10-3-11(6-12)7-13(15)5-10/h9-15,17H,3-8,16H2,1-2H3. The molecule has 1 atom stereocenters. The van der Waals surface area contributed by atoms with Gasteiger partial charge in [-0.15, -0.1) is 0 Å². The highest BCUT2D eigenvalue weighted by Gasteiger charge is 2.49. The highest BCUT2D eigenvalue weighted by Crippen LogP contribution is 2.57. The van der Waals surface area contributed by atoms with E-state index in [0.717, 1.165) is 36.1 Å². The van der Waals surface area contributed by atoms with Crippen LogP contribution in [0.1, 0.15) is 46.0 Å². The second-order valence-corrected chi connectivity index (χ2v) is 7.23. The third-order valence-corrected chi connectivity index (χ3v) is 5.56. The summed E-state index contributed by atoms with van der Waals surface area (Å²) in [7, 11) is 0. The molecule has 4 saturated carbocycles. The minimum absolute atomic E-state index is 0.396. The average molecular weight is 236 g/mol. The molecular formula is C15H28N2. The van der Waals surface area contributed by atoms with Crippen LogP contribution in [-0.2, 0) is 0 Å². The van der Waals surface area contributed by atoms with Gasteiger partial charge in [-0.25, -0.2) is 0 Å². The van der Waals surface area contributed by atoms with Crippen LogP contribution in [0.2, 0.25) is 0 Å². The molecule has 4 aliphatic rings. The van der Waals surface area contributed by atoms with Gasteiger partial charge in [0.1, 0.15) is 0 Å². The molecule has 4 rings (SSSR count). The molecular weight excluding hydrogens is 208 g/mol. The molecule has 0 aliphatic heterocycles. The maximum atomic E-state index is 6.48. The van der Waals surface area contributed by atoms with Gasteiger partial charge in [0.05, 0.1) is 0 Å². The van der Waals surface area contributed by atoms with E-state index in [4.69, 9.17) is 5.73 Å². The van der Waals surface area contributed by atoms with Crippen molar-refractivity contribution in [2.24, 2.45) is 35.3 Å². The number of nitrogens with one attached hydrogen (secondary N) is 1. The molecule has 3 N–H and O–H groups in total. The zero-order valence-electron chi connectivity index (χ0n) is 11.4. The van der Waals surface area contributed by atoms with Gasteiger partial charge in [0, 0.05) is 18.6 Å². The molecule has 17 heavy (non-hydrogen) atoms. The summed E-state index contributed by atoms with van der Waals surface area (Å²) in [6, 6.07) is 0.963. The Morgan fingerprint density at radius 2 is 1.53 bits per heavy atom. The van der Waals surface area contributed by atoms with E-state index in [1.54, 1.807) is 6.42 Å². The number of nitrogens with two attached hydrogens (primary N) is 1. The fraction of sp³-hybridized carbons (Fsp3) is 1.00. The van der Waals surface area contributed by atoms with E-state index in [2.05, 4.69) is 19.2 Å². The fourth-order valence-corrected chi connectivity index (χ4v) is 5.17. The molecule has 4 fully saturated rings. The fourth-order valence-electron chi connectivity index (χ4n) is 5.17. The van der Waals surface area contributed by atoms with Crippen molar-refractivity contribution in [1.29, 1.82) is 0 Å². The van der Waals surface area contributed by atoms with Crippen LogP contribution in [0.5, 0.6) is 0 Å². The lowest BCUT2D eigenvalue weighted by molar-refractivity contribution is -0.0464. The largest absolute Gasteiger partial charge is 0.326 e. The predicted molar refractivity (Wildman–Crippen MR) is 71.6 cm³/mol. The number of hydrogen-bond acceptors (Lipinski definition) is 2. The van der Waals surface area contributed by atoms with E-state index < -0.39 is 0 Å². The summed E-state index contributed by atoms with van der Waals surface area (Å²) in [6.45, 7) is 5.44. The first kappa shape index (κ1) is 12.0. The van der Waals surface area contributed by atoms with Gasteiger partial charge >= 0.3 is 0 Å². The molecule has 0 heterocycles. The molecule has 0 spiro atoms. The Labute approximate surface area is 106 Å². The van der Waals surface area contributed by atoms with Crippen molar-refractivity contribution in [2.45, 2.75) is 58.0 Å². The van der Waals surface area contributed by atoms with Crippen molar-refractivity contribution >= 4 is 0 Å². The van der Waals surface area contributed by atoms with Crippen molar-refractivity contribution in [2.75, 3.05) is 6.54 Å². The molecule has 0 aromatic rings. The Bertz CT molecular complexity index is 246. The Morgan fingerprint density at radius 3 is 2.00 bits per heavy atom. The summed E-state index contributed by atoms with van der Waals surface area (Å²) in [5, 5.41) is 3.53. The zero-order chi connectivity index (χ0) is 12.0. The van der Waals surface area contributed by atoms with Gasteiger partial charge in [0.15, 0.2) is 0 Å². The summed E-state index contributed by atoms with van der Waals surface area (Å²) in [6.07, 6.45) is 7.51. The minimum atomic E-state index is 0.396. The number of hydrogen-bond donors (Lipinski definition) is 2. The van der Waals surface area contributed by atoms with Crippen LogP contribution in [-0.4, -0.2) is 18.6 Å². The van der Waals surface area contributed by atoms with Gasteiger partial charge in [-0.3, -0.25) is 0 Å². The summed E-state index contributed by atoms with van der Waals surface area (Å²) in [4.78, 5) is 0. The highest BCUT2D eigenvalue weighted by molar-refractivity contribution is 5.01. The molecule has 2 nitrogen and oxygen atoms in total. The van der Waals surface area contributed by atoms with Crippen LogP contribution in [0, 0.1) is 29.6 Å². The highest BCUT2D eigenvalue weighted by atomic mass is 14.9. The smallest absolute Gasteiger partial charge is 0.0199 e. The molecule has 4 bridgehead atoms. The zero-order valence-corrected chi connectivity index (χ0v) is 11.4. The van der Waals surface area contributed by atoms with E-state index in [0.29, 0.717) is 12.1 Å². The predicted octanol–water partition coefficient (Wildman–Crippen LogP) is 2.38. The normalized spacial score (nSPS) is 45.5. The Balaban J connectivity index is 1.63. The molecule has 1 unspecified atom stereocenters. The Kier molecular flexibility index (Phi) is 3.20. The van der Waals surface area contributed by atoms with Crippen molar-refractivity contribution in [3.05, 3.63) is 0 Å². The molecule has 0 aromatic carbocycles. The van der Waals surface area contributed by atoms with E-state index in [1.807, 2.05) is 0 Å². The summed E-state index contributed by atoms with van der Waals surface area (Å²) in [5.41, 5.74) is 6.48. The topological polar surface area (TPSA) is 38.0 Å². The second-order valence-electron chi connectivity index (χ2n) is 7.23. The molecule has 98 valence electrons. The van der Waals surface area contributed by atoms with Crippen LogP contribution < -0.4 is 11.1 Å². The quantitative estimate of drug-likeness (QED) is 0.786. The lowest BCUT2D eigenvalue weighted by Gasteiger charge is -2.56. The summed E-state index contributed by atoms with van der Waals surface area (Å²) >= 11 is 0. The second kappa shape index (κ2) is 4.55. The average Bonchev–Trinajstić information content (AvgIpc) is 2.24. The maximum Gasteiger partial charge on any atom is 0.0199 e. The van der Waals surface area contributed by atoms with Gasteiger partial charge in [0.2, 0.25) is 0 Å². The minimum Gasteiger partial charge on any atom is -0.326 e. The van der Waals surface area contributed by atoms with Gasteiger partial charge in [-0.05, 0) is 61.7 Å². The van der Waals surface area contributed by atoms with Crippen molar-refractivity contribution in [3.8, 4) is 0 Å². The Morgan fingerprint density at radius 1 is 1.00 bits per heavy atom. The van der Waals surface area contributed by atoms with Crippen LogP contribution >= 0.6 is 0 Å². The monoisotopic (exact) mass is 236 g/mol. The molecule has 4 aliphatic carbocycles. The van der Waals surface area contributed by atoms with Crippen LogP contribution in [0.3, 0.4) is 0 Å². The lowest BCUT2D eigenvalue weighted by atomic mass is 9.50. The molecule has 0 amide bonds. The van der Waals surface area contributed by atoms with Gasteiger partial charge < -0.3 is 11.1 Å². The van der Waals surface area contributed by atoms with Gasteiger partial charge in [0.25, 0.3) is 0 Å². The van der Waals surface area contributed by atoms with E-state index in [-0.39, 0.29) is 0 Å². The van der Waals surface area contributed by atoms with E-state index in [1.165, 1.54) is 25.7 Å². The van der Waals surface area contributed by atoms with Crippen molar-refractivity contribution in [3.63, 3.8) is 0 Å². The maximum absolute atomic E-state index is 6.48. The molecule has 2 heteroatoms. The Hall–Kier alpha value is -0.0800. The van der Waals surface area contributed by atoms with Gasteiger partial charge in [-0.1, -0.05) is 13.8 Å². The molecule has 0 saturated heterocycles. The van der Waals surface area contributed by atoms with E-state index >= 15 is 0 Å². The van der Waals surface area contributed by atoms with Crippen molar-refractivity contribution in [1.82, 2.24) is 5.32 Å². The van der Waals surface area contributed by atoms with Crippen LogP contribution in [0.4, 0.5) is 0 Å². The third kappa shape index (κ3) is 2.26. The first-order valence-electron chi connectivity index (χ1n) is 7.62. The molecule has 0 aromatic heterocycles. The SMILES string of the molecule is CC(C)NCC(N)C1C2CC3CC(C2)CC1C3. The van der Waals surface area contributed by atoms with Crippen LogP contribution in [0.25, 0.3) is 0 Å². The van der Waals surface area contributed by atoms with E-state index in [9.17, 15) is 0 Å².